The van der Waals surface area contributed by atoms with E-state index in [2.05, 4.69) is 15.5 Å². The Morgan fingerprint density at radius 1 is 1.29 bits per heavy atom. The van der Waals surface area contributed by atoms with E-state index in [0.717, 1.165) is 0 Å². The first-order valence-corrected chi connectivity index (χ1v) is 6.50. The summed E-state index contributed by atoms with van der Waals surface area (Å²) in [6.07, 6.45) is 1.51. The van der Waals surface area contributed by atoms with Crippen LogP contribution in [0, 0.1) is 0 Å². The molecule has 3 rings (SSSR count). The number of rotatable bonds is 4. The molecule has 0 fully saturated rings. The molecule has 0 aliphatic rings. The number of carbonyl (C=O) groups excluding carboxylic acids is 1. The predicted octanol–water partition coefficient (Wildman–Crippen LogP) is 2.91. The summed E-state index contributed by atoms with van der Waals surface area (Å²) in [5, 5.41) is 6.96. The molecule has 0 aliphatic heterocycles. The number of hydrogen-bond acceptors (Lipinski definition) is 5. The van der Waals surface area contributed by atoms with Gasteiger partial charge in [0.25, 0.3) is 11.8 Å². The van der Waals surface area contributed by atoms with Gasteiger partial charge in [-0.05, 0) is 30.3 Å². The van der Waals surface area contributed by atoms with E-state index in [4.69, 9.17) is 20.5 Å². The fourth-order valence-electron chi connectivity index (χ4n) is 1.72. The molecule has 0 radical (unpaired) electrons. The second kappa shape index (κ2) is 5.80. The van der Waals surface area contributed by atoms with Crippen molar-refractivity contribution in [3.05, 3.63) is 59.1 Å². The molecule has 0 saturated carbocycles. The minimum atomic E-state index is -0.262. The molecule has 2 aromatic heterocycles. The van der Waals surface area contributed by atoms with Gasteiger partial charge in [-0.3, -0.25) is 4.79 Å². The van der Waals surface area contributed by atoms with Gasteiger partial charge in [-0.2, -0.15) is 4.98 Å². The van der Waals surface area contributed by atoms with Gasteiger partial charge in [0.05, 0.1) is 12.8 Å². The maximum absolute atomic E-state index is 11.9. The van der Waals surface area contributed by atoms with E-state index >= 15 is 0 Å². The molecular formula is C14H10ClN3O3. The zero-order valence-electron chi connectivity index (χ0n) is 10.7. The minimum absolute atomic E-state index is 0.148. The molecule has 6 nitrogen and oxygen atoms in total. The lowest BCUT2D eigenvalue weighted by Gasteiger charge is -2.02. The van der Waals surface area contributed by atoms with E-state index in [1.165, 1.54) is 6.26 Å². The summed E-state index contributed by atoms with van der Waals surface area (Å²) >= 11 is 5.84. The van der Waals surface area contributed by atoms with Crippen molar-refractivity contribution >= 4 is 17.5 Å². The largest absolute Gasteiger partial charge is 0.459 e. The van der Waals surface area contributed by atoms with Gasteiger partial charge < -0.3 is 14.3 Å². The number of hydrogen-bond donors (Lipinski definition) is 1. The third-order valence-corrected chi connectivity index (χ3v) is 2.93. The molecule has 0 unspecified atom stereocenters. The summed E-state index contributed by atoms with van der Waals surface area (Å²) in [5.41, 5.74) is 0.470. The molecule has 7 heteroatoms. The fraction of sp³-hybridized carbons (Fsp3) is 0.0714. The van der Waals surface area contributed by atoms with Crippen molar-refractivity contribution in [2.24, 2.45) is 0 Å². The quantitative estimate of drug-likeness (QED) is 0.801. The van der Waals surface area contributed by atoms with Gasteiger partial charge in [0.15, 0.2) is 11.6 Å². The van der Waals surface area contributed by atoms with Crippen molar-refractivity contribution in [2.75, 3.05) is 0 Å². The lowest BCUT2D eigenvalue weighted by atomic mass is 10.2. The maximum atomic E-state index is 11.9. The van der Waals surface area contributed by atoms with Crippen LogP contribution in [0.5, 0.6) is 0 Å². The Hall–Kier alpha value is -2.60. The summed E-state index contributed by atoms with van der Waals surface area (Å²) < 4.78 is 10.2. The average Bonchev–Trinajstić information content (AvgIpc) is 3.15. The van der Waals surface area contributed by atoms with E-state index in [9.17, 15) is 4.79 Å². The third-order valence-electron chi connectivity index (χ3n) is 2.69. The zero-order chi connectivity index (χ0) is 14.7. The van der Waals surface area contributed by atoms with E-state index < -0.39 is 0 Å². The summed E-state index contributed by atoms with van der Waals surface area (Å²) in [6.45, 7) is 0.148. The molecule has 1 amide bonds. The molecule has 1 N–H and O–H groups in total. The Bertz CT molecular complexity index is 752. The van der Waals surface area contributed by atoms with Crippen LogP contribution in [0.25, 0.3) is 11.7 Å². The molecule has 21 heavy (non-hydrogen) atoms. The highest BCUT2D eigenvalue weighted by molar-refractivity contribution is 6.30. The molecule has 0 saturated heterocycles. The lowest BCUT2D eigenvalue weighted by Crippen LogP contribution is -2.23. The monoisotopic (exact) mass is 303 g/mol. The molecule has 3 aromatic rings. The Morgan fingerprint density at radius 2 is 2.19 bits per heavy atom. The Labute approximate surface area is 124 Å². The number of aromatic nitrogens is 2. The van der Waals surface area contributed by atoms with Crippen LogP contribution in [0.3, 0.4) is 0 Å². The summed E-state index contributed by atoms with van der Waals surface area (Å²) in [4.78, 5) is 16.1. The number of carbonyl (C=O) groups is 1. The van der Waals surface area contributed by atoms with Gasteiger partial charge in [-0.15, -0.1) is 0 Å². The van der Waals surface area contributed by atoms with E-state index in [0.29, 0.717) is 22.2 Å². The van der Waals surface area contributed by atoms with Crippen molar-refractivity contribution in [3.8, 4) is 11.7 Å². The first kappa shape index (κ1) is 13.4. The standard InChI is InChI=1S/C14H10ClN3O3/c15-10-4-1-3-9(7-10)13(19)16-8-12-17-14(21-18-12)11-5-2-6-20-11/h1-7H,8H2,(H,16,19). The molecule has 0 atom stereocenters. The van der Waals surface area contributed by atoms with Crippen LogP contribution >= 0.6 is 11.6 Å². The molecule has 106 valence electrons. The van der Waals surface area contributed by atoms with Crippen molar-refractivity contribution in [2.45, 2.75) is 6.54 Å². The smallest absolute Gasteiger partial charge is 0.293 e. The fourth-order valence-corrected chi connectivity index (χ4v) is 1.91. The Kier molecular flexibility index (Phi) is 3.70. The van der Waals surface area contributed by atoms with Gasteiger partial charge >= 0.3 is 0 Å². The van der Waals surface area contributed by atoms with Gasteiger partial charge in [0.2, 0.25) is 0 Å². The van der Waals surface area contributed by atoms with Crippen LogP contribution in [-0.4, -0.2) is 16.0 Å². The van der Waals surface area contributed by atoms with E-state index in [1.54, 1.807) is 36.4 Å². The van der Waals surface area contributed by atoms with Crippen LogP contribution in [0.1, 0.15) is 16.2 Å². The number of nitrogens with zero attached hydrogens (tertiary/aromatic N) is 2. The summed E-state index contributed by atoms with van der Waals surface area (Å²) in [5.74, 6) is 0.848. The van der Waals surface area contributed by atoms with Crippen LogP contribution < -0.4 is 5.32 Å². The second-order valence-corrected chi connectivity index (χ2v) is 4.62. The topological polar surface area (TPSA) is 81.2 Å². The van der Waals surface area contributed by atoms with Crippen molar-refractivity contribution in [3.63, 3.8) is 0 Å². The number of amides is 1. The van der Waals surface area contributed by atoms with Crippen molar-refractivity contribution in [1.82, 2.24) is 15.5 Å². The molecule has 1 aromatic carbocycles. The van der Waals surface area contributed by atoms with E-state index in [1.807, 2.05) is 0 Å². The van der Waals surface area contributed by atoms with Gasteiger partial charge in [-0.25, -0.2) is 0 Å². The SMILES string of the molecule is O=C(NCc1noc(-c2ccco2)n1)c1cccc(Cl)c1. The predicted molar refractivity (Wildman–Crippen MR) is 74.6 cm³/mol. The molecule has 2 heterocycles. The third kappa shape index (κ3) is 3.11. The normalized spacial score (nSPS) is 10.5. The molecule has 0 spiro atoms. The highest BCUT2D eigenvalue weighted by Crippen LogP contribution is 2.17. The highest BCUT2D eigenvalue weighted by atomic mass is 35.5. The molecule has 0 aliphatic carbocycles. The van der Waals surface area contributed by atoms with Crippen LogP contribution in [0.4, 0.5) is 0 Å². The van der Waals surface area contributed by atoms with E-state index in [-0.39, 0.29) is 18.3 Å². The average molecular weight is 304 g/mol. The number of nitrogens with one attached hydrogen (secondary N) is 1. The van der Waals surface area contributed by atoms with Crippen molar-refractivity contribution in [1.29, 1.82) is 0 Å². The van der Waals surface area contributed by atoms with Crippen molar-refractivity contribution < 1.29 is 13.7 Å². The minimum Gasteiger partial charge on any atom is -0.459 e. The van der Waals surface area contributed by atoms with Gasteiger partial charge in [0, 0.05) is 10.6 Å². The molecule has 0 bridgehead atoms. The Balaban J connectivity index is 1.64. The Morgan fingerprint density at radius 3 is 2.95 bits per heavy atom. The highest BCUT2D eigenvalue weighted by Gasteiger charge is 2.12. The lowest BCUT2D eigenvalue weighted by molar-refractivity contribution is 0.0949. The zero-order valence-corrected chi connectivity index (χ0v) is 11.5. The first-order valence-electron chi connectivity index (χ1n) is 6.12. The first-order chi connectivity index (χ1) is 10.2. The maximum Gasteiger partial charge on any atom is 0.293 e. The number of furan rings is 1. The molecular weight excluding hydrogens is 294 g/mol. The summed E-state index contributed by atoms with van der Waals surface area (Å²) in [7, 11) is 0. The number of halogens is 1. The summed E-state index contributed by atoms with van der Waals surface area (Å²) in [6, 6.07) is 10.1. The second-order valence-electron chi connectivity index (χ2n) is 4.19. The van der Waals surface area contributed by atoms with Gasteiger partial charge in [-0.1, -0.05) is 22.8 Å². The van der Waals surface area contributed by atoms with Crippen LogP contribution in [-0.2, 0) is 6.54 Å². The number of benzene rings is 1. The van der Waals surface area contributed by atoms with Gasteiger partial charge in [0.1, 0.15) is 0 Å². The van der Waals surface area contributed by atoms with Crippen LogP contribution in [0.15, 0.2) is 51.6 Å². The van der Waals surface area contributed by atoms with Crippen LogP contribution in [0.2, 0.25) is 5.02 Å².